The first kappa shape index (κ1) is 15.1. The summed E-state index contributed by atoms with van der Waals surface area (Å²) in [4.78, 5) is 10.9. The molecule has 2 rings (SSSR count). The average Bonchev–Trinajstić information content (AvgIpc) is 2.73. The van der Waals surface area contributed by atoms with Crippen molar-refractivity contribution in [3.8, 4) is 5.75 Å². The molecule has 1 aromatic heterocycles. The van der Waals surface area contributed by atoms with E-state index in [0.29, 0.717) is 0 Å². The van der Waals surface area contributed by atoms with E-state index in [-0.39, 0.29) is 6.42 Å². The zero-order valence-corrected chi connectivity index (χ0v) is 12.6. The Morgan fingerprint density at radius 3 is 2.52 bits per heavy atom. The summed E-state index contributed by atoms with van der Waals surface area (Å²) < 4.78 is 7.02. The molecule has 0 aliphatic heterocycles. The van der Waals surface area contributed by atoms with Gasteiger partial charge in [-0.15, -0.1) is 0 Å². The molecule has 0 aliphatic rings. The lowest BCUT2D eigenvalue weighted by atomic mass is 10.1. The Labute approximate surface area is 124 Å². The maximum atomic E-state index is 10.9. The second-order valence-electron chi connectivity index (χ2n) is 5.04. The van der Waals surface area contributed by atoms with Crippen LogP contribution in [0.2, 0.25) is 0 Å². The van der Waals surface area contributed by atoms with Crippen molar-refractivity contribution in [3.63, 3.8) is 0 Å². The van der Waals surface area contributed by atoms with Gasteiger partial charge in [-0.25, -0.2) is 0 Å². The molecule has 0 bridgehead atoms. The molecule has 0 atom stereocenters. The molecule has 1 N–H and O–H groups in total. The number of nitrogens with zero attached hydrogens (tertiary/aromatic N) is 2. The summed E-state index contributed by atoms with van der Waals surface area (Å²) in [7, 11) is 1.65. The van der Waals surface area contributed by atoms with Crippen molar-refractivity contribution in [3.05, 3.63) is 46.8 Å². The van der Waals surface area contributed by atoms with Crippen molar-refractivity contribution in [2.75, 3.05) is 7.11 Å². The molecule has 0 aliphatic carbocycles. The van der Waals surface area contributed by atoms with Gasteiger partial charge in [0.1, 0.15) is 5.75 Å². The Kier molecular flexibility index (Phi) is 4.62. The summed E-state index contributed by atoms with van der Waals surface area (Å²) in [6.07, 6.45) is 0.874. The van der Waals surface area contributed by atoms with Crippen molar-refractivity contribution in [1.82, 2.24) is 9.78 Å². The van der Waals surface area contributed by atoms with Gasteiger partial charge < -0.3 is 9.84 Å². The van der Waals surface area contributed by atoms with E-state index in [1.165, 1.54) is 5.56 Å². The summed E-state index contributed by atoms with van der Waals surface area (Å²) in [6.45, 7) is 4.51. The zero-order valence-electron chi connectivity index (χ0n) is 12.6. The topological polar surface area (TPSA) is 64.4 Å². The lowest BCUT2D eigenvalue weighted by Crippen LogP contribution is -2.07. The minimum absolute atomic E-state index is 0.0280. The van der Waals surface area contributed by atoms with Crippen LogP contribution in [-0.2, 0) is 24.2 Å². The van der Waals surface area contributed by atoms with E-state index in [0.717, 1.165) is 35.7 Å². The maximum Gasteiger partial charge on any atom is 0.307 e. The molecule has 0 fully saturated rings. The van der Waals surface area contributed by atoms with Crippen LogP contribution in [0.3, 0.4) is 0 Å². The summed E-state index contributed by atoms with van der Waals surface area (Å²) in [5, 5.41) is 13.4. The third-order valence-electron chi connectivity index (χ3n) is 3.63. The molecule has 21 heavy (non-hydrogen) atoms. The lowest BCUT2D eigenvalue weighted by molar-refractivity contribution is -0.136. The van der Waals surface area contributed by atoms with Crippen LogP contribution in [0.5, 0.6) is 5.75 Å². The highest BCUT2D eigenvalue weighted by Crippen LogP contribution is 2.16. The van der Waals surface area contributed by atoms with E-state index in [9.17, 15) is 4.79 Å². The highest BCUT2D eigenvalue weighted by molar-refractivity contribution is 5.70. The summed E-state index contributed by atoms with van der Waals surface area (Å²) in [5.41, 5.74) is 3.74. The quantitative estimate of drug-likeness (QED) is 0.886. The Balaban J connectivity index is 2.07. The second-order valence-corrected chi connectivity index (χ2v) is 5.04. The number of rotatable bonds is 6. The minimum Gasteiger partial charge on any atom is -0.497 e. The second kappa shape index (κ2) is 6.43. The summed E-state index contributed by atoms with van der Waals surface area (Å²) in [6, 6.07) is 7.93. The Bertz CT molecular complexity index is 630. The summed E-state index contributed by atoms with van der Waals surface area (Å²) >= 11 is 0. The molecule has 0 amide bonds. The number of aryl methyl sites for hydroxylation is 3. The molecule has 5 nitrogen and oxygen atoms in total. The molecule has 2 aromatic rings. The predicted molar refractivity (Wildman–Crippen MR) is 79.7 cm³/mol. The molecule has 0 saturated heterocycles. The van der Waals surface area contributed by atoms with Gasteiger partial charge >= 0.3 is 5.97 Å². The van der Waals surface area contributed by atoms with Gasteiger partial charge in [-0.1, -0.05) is 12.1 Å². The largest absolute Gasteiger partial charge is 0.497 e. The first-order valence-corrected chi connectivity index (χ1v) is 6.89. The fraction of sp³-hybridized carbons (Fsp3) is 0.375. The van der Waals surface area contributed by atoms with Gasteiger partial charge in [-0.2, -0.15) is 5.10 Å². The number of hydrogen-bond donors (Lipinski definition) is 1. The molecule has 0 spiro atoms. The van der Waals surface area contributed by atoms with Gasteiger partial charge in [0, 0.05) is 17.8 Å². The van der Waals surface area contributed by atoms with Crippen LogP contribution in [0.15, 0.2) is 24.3 Å². The number of aromatic nitrogens is 2. The van der Waals surface area contributed by atoms with E-state index >= 15 is 0 Å². The van der Waals surface area contributed by atoms with Crippen LogP contribution in [0.25, 0.3) is 0 Å². The molecule has 0 radical (unpaired) electrons. The van der Waals surface area contributed by atoms with Crippen molar-refractivity contribution in [2.24, 2.45) is 0 Å². The van der Waals surface area contributed by atoms with Gasteiger partial charge in [0.05, 0.1) is 19.2 Å². The summed E-state index contributed by atoms with van der Waals surface area (Å²) in [5.74, 6) is 0.0181. The number of hydrogen-bond acceptors (Lipinski definition) is 3. The average molecular weight is 288 g/mol. The first-order valence-electron chi connectivity index (χ1n) is 6.89. The highest BCUT2D eigenvalue weighted by Gasteiger charge is 2.14. The number of aliphatic carboxylic acids is 1. The number of carboxylic acid groups (broad SMARTS) is 1. The Hall–Kier alpha value is -2.30. The van der Waals surface area contributed by atoms with Gasteiger partial charge in [-0.05, 0) is 38.0 Å². The smallest absolute Gasteiger partial charge is 0.307 e. The van der Waals surface area contributed by atoms with E-state index in [4.69, 9.17) is 9.84 Å². The number of carbonyl (C=O) groups is 1. The fourth-order valence-electron chi connectivity index (χ4n) is 2.39. The SMILES string of the molecule is COc1ccc(CCn2nc(C)c(CC(=O)O)c2C)cc1. The van der Waals surface area contributed by atoms with E-state index in [2.05, 4.69) is 5.10 Å². The molecule has 1 heterocycles. The molecule has 1 aromatic carbocycles. The van der Waals surface area contributed by atoms with Crippen molar-refractivity contribution in [1.29, 1.82) is 0 Å². The molecule has 112 valence electrons. The van der Waals surface area contributed by atoms with Gasteiger partial charge in [0.15, 0.2) is 0 Å². The Morgan fingerprint density at radius 1 is 1.29 bits per heavy atom. The number of methoxy groups -OCH3 is 1. The van der Waals surface area contributed by atoms with Crippen molar-refractivity contribution >= 4 is 5.97 Å². The van der Waals surface area contributed by atoms with Crippen molar-refractivity contribution < 1.29 is 14.6 Å². The molecular formula is C16H20N2O3. The molecule has 5 heteroatoms. The van der Waals surface area contributed by atoms with Crippen LogP contribution in [0.1, 0.15) is 22.5 Å². The highest BCUT2D eigenvalue weighted by atomic mass is 16.5. The first-order chi connectivity index (χ1) is 10.0. The van der Waals surface area contributed by atoms with E-state index in [1.54, 1.807) is 7.11 Å². The molecule has 0 saturated carbocycles. The number of carboxylic acids is 1. The van der Waals surface area contributed by atoms with Crippen molar-refractivity contribution in [2.45, 2.75) is 33.2 Å². The van der Waals surface area contributed by atoms with Gasteiger partial charge in [0.2, 0.25) is 0 Å². The van der Waals surface area contributed by atoms with E-state index in [1.807, 2.05) is 42.8 Å². The predicted octanol–water partition coefficient (Wildman–Crippen LogP) is 2.38. The van der Waals surface area contributed by atoms with Crippen LogP contribution in [0, 0.1) is 13.8 Å². The van der Waals surface area contributed by atoms with E-state index < -0.39 is 5.97 Å². The third kappa shape index (κ3) is 3.62. The van der Waals surface area contributed by atoms with Crippen LogP contribution < -0.4 is 4.74 Å². The van der Waals surface area contributed by atoms with Crippen LogP contribution in [0.4, 0.5) is 0 Å². The normalized spacial score (nSPS) is 10.6. The van der Waals surface area contributed by atoms with Gasteiger partial charge in [-0.3, -0.25) is 9.48 Å². The maximum absolute atomic E-state index is 10.9. The molecular weight excluding hydrogens is 268 g/mol. The lowest BCUT2D eigenvalue weighted by Gasteiger charge is -2.06. The van der Waals surface area contributed by atoms with Crippen LogP contribution in [-0.4, -0.2) is 28.0 Å². The zero-order chi connectivity index (χ0) is 15.4. The Morgan fingerprint density at radius 2 is 1.95 bits per heavy atom. The fourth-order valence-corrected chi connectivity index (χ4v) is 2.39. The standard InChI is InChI=1S/C16H20N2O3/c1-11-15(10-16(19)20)12(2)18(17-11)9-8-13-4-6-14(21-3)7-5-13/h4-7H,8-10H2,1-3H3,(H,19,20). The third-order valence-corrected chi connectivity index (χ3v) is 3.63. The van der Waals surface area contributed by atoms with Crippen LogP contribution >= 0.6 is 0 Å². The van der Waals surface area contributed by atoms with Gasteiger partial charge in [0.25, 0.3) is 0 Å². The minimum atomic E-state index is -0.823. The monoisotopic (exact) mass is 288 g/mol. The molecule has 0 unspecified atom stereocenters. The number of benzene rings is 1. The number of ether oxygens (including phenoxy) is 1.